The van der Waals surface area contributed by atoms with Crippen LogP contribution in [0.2, 0.25) is 0 Å². The molecule has 2 aromatic rings. The molecule has 2 nitrogen and oxygen atoms in total. The number of carbonyl (C=O) groups is 1. The Morgan fingerprint density at radius 1 is 1.00 bits per heavy atom. The van der Waals surface area contributed by atoms with E-state index >= 15 is 0 Å². The molecular weight excluding hydrogens is 236 g/mol. The van der Waals surface area contributed by atoms with Gasteiger partial charge in [0.1, 0.15) is 0 Å². The topological polar surface area (TPSA) is 37.3 Å². The maximum Gasteiger partial charge on any atom is 0.336 e. The Hall–Kier alpha value is -2.35. The predicted molar refractivity (Wildman–Crippen MR) is 78.1 cm³/mol. The average molecular weight is 252 g/mol. The van der Waals surface area contributed by atoms with Crippen molar-refractivity contribution in [1.82, 2.24) is 0 Å². The third kappa shape index (κ3) is 3.10. The fourth-order valence-electron chi connectivity index (χ4n) is 2.04. The van der Waals surface area contributed by atoms with E-state index in [1.165, 1.54) is 5.56 Å². The summed E-state index contributed by atoms with van der Waals surface area (Å²) in [7, 11) is 0. The summed E-state index contributed by atoms with van der Waals surface area (Å²) in [6.07, 6.45) is 4.79. The van der Waals surface area contributed by atoms with Gasteiger partial charge in [-0.15, -0.1) is 0 Å². The molecule has 0 saturated heterocycles. The zero-order chi connectivity index (χ0) is 13.7. The van der Waals surface area contributed by atoms with Gasteiger partial charge in [0.05, 0.1) is 5.56 Å². The van der Waals surface area contributed by atoms with Crippen LogP contribution in [-0.2, 0) is 6.42 Å². The summed E-state index contributed by atoms with van der Waals surface area (Å²) in [5, 5.41) is 9.13. The number of aromatic carboxylic acids is 1. The van der Waals surface area contributed by atoms with Gasteiger partial charge in [-0.3, -0.25) is 0 Å². The molecular formula is C17H16O2. The smallest absolute Gasteiger partial charge is 0.336 e. The first-order chi connectivity index (χ1) is 9.22. The lowest BCUT2D eigenvalue weighted by atomic mass is 10.0. The van der Waals surface area contributed by atoms with Crippen molar-refractivity contribution in [3.63, 3.8) is 0 Å². The van der Waals surface area contributed by atoms with Crippen molar-refractivity contribution in [2.45, 2.75) is 13.3 Å². The van der Waals surface area contributed by atoms with Crippen molar-refractivity contribution < 1.29 is 9.90 Å². The molecule has 0 atom stereocenters. The molecule has 0 spiro atoms. The molecule has 96 valence electrons. The van der Waals surface area contributed by atoms with Gasteiger partial charge in [0.2, 0.25) is 0 Å². The second-order valence-corrected chi connectivity index (χ2v) is 4.28. The molecule has 2 rings (SSSR count). The maximum absolute atomic E-state index is 11.1. The van der Waals surface area contributed by atoms with Crippen LogP contribution in [0.4, 0.5) is 0 Å². The summed E-state index contributed by atoms with van der Waals surface area (Å²) in [4.78, 5) is 11.1. The summed E-state index contributed by atoms with van der Waals surface area (Å²) >= 11 is 0. The van der Waals surface area contributed by atoms with E-state index in [-0.39, 0.29) is 0 Å². The zero-order valence-electron chi connectivity index (χ0n) is 10.8. The number of hydrogen-bond acceptors (Lipinski definition) is 1. The molecule has 2 heteroatoms. The highest BCUT2D eigenvalue weighted by atomic mass is 16.4. The Bertz CT molecular complexity index is 612. The van der Waals surface area contributed by atoms with Gasteiger partial charge in [-0.05, 0) is 29.2 Å². The monoisotopic (exact) mass is 252 g/mol. The van der Waals surface area contributed by atoms with E-state index in [4.69, 9.17) is 5.11 Å². The van der Waals surface area contributed by atoms with E-state index < -0.39 is 5.97 Å². The zero-order valence-corrected chi connectivity index (χ0v) is 10.8. The van der Waals surface area contributed by atoms with Gasteiger partial charge in [-0.1, -0.05) is 61.5 Å². The fraction of sp³-hybridized carbons (Fsp3) is 0.118. The summed E-state index contributed by atoms with van der Waals surface area (Å²) in [5.74, 6) is -0.899. The van der Waals surface area contributed by atoms with E-state index in [0.29, 0.717) is 5.56 Å². The van der Waals surface area contributed by atoms with E-state index in [1.54, 1.807) is 12.1 Å². The molecule has 0 saturated carbocycles. The lowest BCUT2D eigenvalue weighted by Gasteiger charge is -2.03. The third-order valence-corrected chi connectivity index (χ3v) is 3.07. The van der Waals surface area contributed by atoms with Crippen LogP contribution in [0.5, 0.6) is 0 Å². The number of hydrogen-bond donors (Lipinski definition) is 1. The van der Waals surface area contributed by atoms with Crippen molar-refractivity contribution in [2.24, 2.45) is 0 Å². The normalized spacial score (nSPS) is 10.8. The lowest BCUT2D eigenvalue weighted by Crippen LogP contribution is -1.98. The minimum Gasteiger partial charge on any atom is -0.478 e. The van der Waals surface area contributed by atoms with E-state index in [1.807, 2.05) is 42.5 Å². The molecule has 0 aliphatic rings. The second kappa shape index (κ2) is 6.01. The quantitative estimate of drug-likeness (QED) is 0.831. The lowest BCUT2D eigenvalue weighted by molar-refractivity contribution is 0.0696. The summed E-state index contributed by atoms with van der Waals surface area (Å²) < 4.78 is 0. The second-order valence-electron chi connectivity index (χ2n) is 4.28. The molecule has 0 radical (unpaired) electrons. The van der Waals surface area contributed by atoms with Crippen LogP contribution in [-0.4, -0.2) is 11.1 Å². The van der Waals surface area contributed by atoms with Gasteiger partial charge in [-0.25, -0.2) is 4.79 Å². The van der Waals surface area contributed by atoms with E-state index in [9.17, 15) is 4.79 Å². The van der Waals surface area contributed by atoms with Crippen molar-refractivity contribution in [1.29, 1.82) is 0 Å². The standard InChI is InChI=1S/C17H16O2/c1-2-13-7-3-4-8-14(13)11-12-15-9-5-6-10-16(15)17(18)19/h3-12H,2H2,1H3,(H,18,19)/b12-11+. The van der Waals surface area contributed by atoms with E-state index in [2.05, 4.69) is 13.0 Å². The highest BCUT2D eigenvalue weighted by Crippen LogP contribution is 2.16. The average Bonchev–Trinajstić information content (AvgIpc) is 2.45. The van der Waals surface area contributed by atoms with Gasteiger partial charge in [-0.2, -0.15) is 0 Å². The first kappa shape index (κ1) is 13.1. The summed E-state index contributed by atoms with van der Waals surface area (Å²) in [6.45, 7) is 2.11. The molecule has 0 aliphatic carbocycles. The Labute approximate surface area is 113 Å². The molecule has 0 fully saturated rings. The van der Waals surface area contributed by atoms with Gasteiger partial charge in [0.25, 0.3) is 0 Å². The Balaban J connectivity index is 2.35. The van der Waals surface area contributed by atoms with Crippen molar-refractivity contribution in [2.75, 3.05) is 0 Å². The molecule has 0 bridgehead atoms. The Kier molecular flexibility index (Phi) is 4.14. The molecule has 2 aromatic carbocycles. The van der Waals surface area contributed by atoms with Gasteiger partial charge in [0.15, 0.2) is 0 Å². The first-order valence-electron chi connectivity index (χ1n) is 6.30. The number of rotatable bonds is 4. The fourth-order valence-corrected chi connectivity index (χ4v) is 2.04. The first-order valence-corrected chi connectivity index (χ1v) is 6.30. The van der Waals surface area contributed by atoms with Crippen molar-refractivity contribution >= 4 is 18.1 Å². The van der Waals surface area contributed by atoms with Crippen LogP contribution < -0.4 is 0 Å². The number of carboxylic acids is 1. The Morgan fingerprint density at radius 2 is 1.58 bits per heavy atom. The van der Waals surface area contributed by atoms with Crippen LogP contribution in [0.1, 0.15) is 34.0 Å². The highest BCUT2D eigenvalue weighted by Gasteiger charge is 2.06. The van der Waals surface area contributed by atoms with Crippen molar-refractivity contribution in [3.8, 4) is 0 Å². The molecule has 1 N–H and O–H groups in total. The molecule has 0 amide bonds. The van der Waals surface area contributed by atoms with Crippen LogP contribution in [0, 0.1) is 0 Å². The number of carboxylic acid groups (broad SMARTS) is 1. The van der Waals surface area contributed by atoms with Crippen LogP contribution in [0.3, 0.4) is 0 Å². The summed E-state index contributed by atoms with van der Waals surface area (Å²) in [5.41, 5.74) is 3.44. The Morgan fingerprint density at radius 3 is 2.26 bits per heavy atom. The van der Waals surface area contributed by atoms with Crippen LogP contribution in [0.15, 0.2) is 48.5 Å². The molecule has 19 heavy (non-hydrogen) atoms. The minimum atomic E-state index is -0.899. The molecule has 0 unspecified atom stereocenters. The van der Waals surface area contributed by atoms with E-state index in [0.717, 1.165) is 17.5 Å². The van der Waals surface area contributed by atoms with Gasteiger partial charge >= 0.3 is 5.97 Å². The molecule has 0 aliphatic heterocycles. The minimum absolute atomic E-state index is 0.327. The molecule has 0 aromatic heterocycles. The number of aryl methyl sites for hydroxylation is 1. The van der Waals surface area contributed by atoms with Gasteiger partial charge in [0, 0.05) is 0 Å². The van der Waals surface area contributed by atoms with Crippen molar-refractivity contribution in [3.05, 3.63) is 70.8 Å². The number of benzene rings is 2. The third-order valence-electron chi connectivity index (χ3n) is 3.07. The SMILES string of the molecule is CCc1ccccc1/C=C/c1ccccc1C(=O)O. The summed E-state index contributed by atoms with van der Waals surface area (Å²) in [6, 6.07) is 15.1. The van der Waals surface area contributed by atoms with Gasteiger partial charge < -0.3 is 5.11 Å². The van der Waals surface area contributed by atoms with Crippen LogP contribution >= 0.6 is 0 Å². The largest absolute Gasteiger partial charge is 0.478 e. The maximum atomic E-state index is 11.1. The molecule has 0 heterocycles. The highest BCUT2D eigenvalue weighted by molar-refractivity contribution is 5.93. The predicted octanol–water partition coefficient (Wildman–Crippen LogP) is 4.12. The van der Waals surface area contributed by atoms with Crippen LogP contribution in [0.25, 0.3) is 12.2 Å².